The van der Waals surface area contributed by atoms with E-state index in [4.69, 9.17) is 10.5 Å². The Morgan fingerprint density at radius 3 is 2.06 bits per heavy atom. The highest BCUT2D eigenvalue weighted by Gasteiger charge is 1.96. The molecule has 0 heterocycles. The number of halogens is 1. The van der Waals surface area contributed by atoms with E-state index in [1.807, 2.05) is 48.5 Å². The second kappa shape index (κ2) is 5.84. The largest absolute Gasteiger partial charge is 0.489 e. The molecule has 0 aromatic heterocycles. The molecule has 2 aromatic rings. The highest BCUT2D eigenvalue weighted by atomic mass is 79.9. The van der Waals surface area contributed by atoms with E-state index in [0.717, 1.165) is 21.3 Å². The topological polar surface area (TPSA) is 35.2 Å². The highest BCUT2D eigenvalue weighted by Crippen LogP contribution is 2.17. The molecule has 0 amide bonds. The van der Waals surface area contributed by atoms with Gasteiger partial charge < -0.3 is 10.5 Å². The van der Waals surface area contributed by atoms with E-state index in [-0.39, 0.29) is 0 Å². The van der Waals surface area contributed by atoms with Crippen LogP contribution in [-0.4, -0.2) is 0 Å². The molecule has 2 aromatic carbocycles. The molecule has 0 saturated carbocycles. The minimum atomic E-state index is 0.576. The van der Waals surface area contributed by atoms with Gasteiger partial charge in [-0.1, -0.05) is 40.2 Å². The lowest BCUT2D eigenvalue weighted by molar-refractivity contribution is 0.306. The Balaban J connectivity index is 1.95. The van der Waals surface area contributed by atoms with Crippen molar-refractivity contribution in [3.63, 3.8) is 0 Å². The molecule has 0 aliphatic rings. The third-order valence-electron chi connectivity index (χ3n) is 2.48. The summed E-state index contributed by atoms with van der Waals surface area (Å²) in [6, 6.07) is 16.0. The number of hydrogen-bond donors (Lipinski definition) is 1. The van der Waals surface area contributed by atoms with Gasteiger partial charge in [-0.3, -0.25) is 0 Å². The molecular formula is C14H14BrNO. The van der Waals surface area contributed by atoms with E-state index in [2.05, 4.69) is 15.9 Å². The Labute approximate surface area is 110 Å². The standard InChI is InChI=1S/C14H14BrNO/c15-13-5-7-14(8-6-13)17-10-12-3-1-11(9-16)2-4-12/h1-8H,9-10,16H2. The molecule has 2 rings (SSSR count). The summed E-state index contributed by atoms with van der Waals surface area (Å²) in [5.41, 5.74) is 7.82. The van der Waals surface area contributed by atoms with Crippen LogP contribution in [0.4, 0.5) is 0 Å². The second-order valence-corrected chi connectivity index (χ2v) is 4.68. The summed E-state index contributed by atoms with van der Waals surface area (Å²) in [6.45, 7) is 1.15. The molecule has 17 heavy (non-hydrogen) atoms. The molecule has 0 aliphatic heterocycles. The minimum Gasteiger partial charge on any atom is -0.489 e. The van der Waals surface area contributed by atoms with Crippen LogP contribution in [-0.2, 0) is 13.2 Å². The van der Waals surface area contributed by atoms with Gasteiger partial charge in [-0.05, 0) is 35.4 Å². The van der Waals surface area contributed by atoms with Crippen molar-refractivity contribution in [1.82, 2.24) is 0 Å². The molecule has 0 fully saturated rings. The zero-order valence-electron chi connectivity index (χ0n) is 9.40. The maximum atomic E-state index is 5.67. The molecule has 0 bridgehead atoms. The summed E-state index contributed by atoms with van der Waals surface area (Å²) in [6.07, 6.45) is 0. The first kappa shape index (κ1) is 12.1. The molecule has 2 N–H and O–H groups in total. The van der Waals surface area contributed by atoms with Gasteiger partial charge in [0.25, 0.3) is 0 Å². The van der Waals surface area contributed by atoms with Crippen molar-refractivity contribution in [1.29, 1.82) is 0 Å². The minimum absolute atomic E-state index is 0.576. The van der Waals surface area contributed by atoms with E-state index in [1.165, 1.54) is 0 Å². The molecule has 0 radical (unpaired) electrons. The fourth-order valence-electron chi connectivity index (χ4n) is 1.47. The predicted octanol–water partition coefficient (Wildman–Crippen LogP) is 3.49. The van der Waals surface area contributed by atoms with Crippen molar-refractivity contribution in [2.75, 3.05) is 0 Å². The average Bonchev–Trinajstić information content (AvgIpc) is 2.39. The van der Waals surface area contributed by atoms with Gasteiger partial charge in [-0.25, -0.2) is 0 Å². The smallest absolute Gasteiger partial charge is 0.119 e. The van der Waals surface area contributed by atoms with Crippen molar-refractivity contribution in [3.8, 4) is 5.75 Å². The van der Waals surface area contributed by atoms with Gasteiger partial charge in [0.1, 0.15) is 12.4 Å². The van der Waals surface area contributed by atoms with Crippen molar-refractivity contribution in [2.24, 2.45) is 5.73 Å². The van der Waals surface area contributed by atoms with Crippen molar-refractivity contribution >= 4 is 15.9 Å². The SMILES string of the molecule is NCc1ccc(COc2ccc(Br)cc2)cc1. The molecule has 2 nitrogen and oxygen atoms in total. The Kier molecular flexibility index (Phi) is 4.18. The Morgan fingerprint density at radius 1 is 0.882 bits per heavy atom. The maximum Gasteiger partial charge on any atom is 0.119 e. The van der Waals surface area contributed by atoms with Gasteiger partial charge in [-0.15, -0.1) is 0 Å². The highest BCUT2D eigenvalue weighted by molar-refractivity contribution is 9.10. The van der Waals surface area contributed by atoms with Gasteiger partial charge in [-0.2, -0.15) is 0 Å². The van der Waals surface area contributed by atoms with Crippen LogP contribution in [0, 0.1) is 0 Å². The van der Waals surface area contributed by atoms with Gasteiger partial charge in [0.15, 0.2) is 0 Å². The van der Waals surface area contributed by atoms with E-state index in [9.17, 15) is 0 Å². The number of benzene rings is 2. The fraction of sp³-hybridized carbons (Fsp3) is 0.143. The van der Waals surface area contributed by atoms with E-state index in [0.29, 0.717) is 13.2 Å². The van der Waals surface area contributed by atoms with Crippen LogP contribution in [0.3, 0.4) is 0 Å². The summed E-state index contributed by atoms with van der Waals surface area (Å²) in [5.74, 6) is 0.871. The summed E-state index contributed by atoms with van der Waals surface area (Å²) in [4.78, 5) is 0. The third-order valence-corrected chi connectivity index (χ3v) is 3.01. The van der Waals surface area contributed by atoms with Crippen molar-refractivity contribution in [3.05, 3.63) is 64.1 Å². The fourth-order valence-corrected chi connectivity index (χ4v) is 1.73. The molecular weight excluding hydrogens is 278 g/mol. The zero-order chi connectivity index (χ0) is 12.1. The van der Waals surface area contributed by atoms with Crippen LogP contribution in [0.15, 0.2) is 53.0 Å². The second-order valence-electron chi connectivity index (χ2n) is 3.76. The van der Waals surface area contributed by atoms with Crippen LogP contribution in [0.25, 0.3) is 0 Å². The molecule has 0 atom stereocenters. The Morgan fingerprint density at radius 2 is 1.47 bits per heavy atom. The number of rotatable bonds is 4. The Hall–Kier alpha value is -1.32. The number of hydrogen-bond acceptors (Lipinski definition) is 2. The maximum absolute atomic E-state index is 5.67. The first-order chi connectivity index (χ1) is 8.28. The van der Waals surface area contributed by atoms with E-state index < -0.39 is 0 Å². The first-order valence-corrected chi connectivity index (χ1v) is 6.23. The summed E-state index contributed by atoms with van der Waals surface area (Å²) < 4.78 is 6.72. The summed E-state index contributed by atoms with van der Waals surface area (Å²) in [5, 5.41) is 0. The van der Waals surface area contributed by atoms with Gasteiger partial charge in [0.2, 0.25) is 0 Å². The lowest BCUT2D eigenvalue weighted by Gasteiger charge is -2.06. The van der Waals surface area contributed by atoms with Gasteiger partial charge in [0.05, 0.1) is 0 Å². The quantitative estimate of drug-likeness (QED) is 0.936. The van der Waals surface area contributed by atoms with E-state index in [1.54, 1.807) is 0 Å². The van der Waals surface area contributed by atoms with Crippen molar-refractivity contribution < 1.29 is 4.74 Å². The number of nitrogens with two attached hydrogens (primary N) is 1. The third kappa shape index (κ3) is 3.58. The van der Waals surface area contributed by atoms with Gasteiger partial charge in [0, 0.05) is 11.0 Å². The molecule has 3 heteroatoms. The lowest BCUT2D eigenvalue weighted by atomic mass is 10.1. The zero-order valence-corrected chi connectivity index (χ0v) is 11.0. The van der Waals surface area contributed by atoms with Crippen LogP contribution in [0.1, 0.15) is 11.1 Å². The molecule has 0 saturated heterocycles. The van der Waals surface area contributed by atoms with Crippen LogP contribution in [0.5, 0.6) is 5.75 Å². The van der Waals surface area contributed by atoms with Gasteiger partial charge >= 0.3 is 0 Å². The predicted molar refractivity (Wildman–Crippen MR) is 72.8 cm³/mol. The first-order valence-electron chi connectivity index (χ1n) is 5.44. The van der Waals surface area contributed by atoms with Crippen LogP contribution < -0.4 is 10.5 Å². The number of ether oxygens (including phenoxy) is 1. The van der Waals surface area contributed by atoms with E-state index >= 15 is 0 Å². The summed E-state index contributed by atoms with van der Waals surface area (Å²) in [7, 11) is 0. The molecule has 88 valence electrons. The summed E-state index contributed by atoms with van der Waals surface area (Å²) >= 11 is 3.39. The Bertz CT molecular complexity index is 465. The monoisotopic (exact) mass is 291 g/mol. The van der Waals surface area contributed by atoms with Crippen LogP contribution in [0.2, 0.25) is 0 Å². The average molecular weight is 292 g/mol. The molecule has 0 spiro atoms. The molecule has 0 aliphatic carbocycles. The lowest BCUT2D eigenvalue weighted by Crippen LogP contribution is -1.98. The molecule has 0 unspecified atom stereocenters. The van der Waals surface area contributed by atoms with Crippen LogP contribution >= 0.6 is 15.9 Å². The van der Waals surface area contributed by atoms with Crippen molar-refractivity contribution in [2.45, 2.75) is 13.2 Å². The normalized spacial score (nSPS) is 10.2.